The van der Waals surface area contributed by atoms with E-state index in [1.165, 1.54) is 25.3 Å². The van der Waals surface area contributed by atoms with Crippen molar-refractivity contribution < 1.29 is 14.0 Å². The normalized spacial score (nSPS) is 35.5. The van der Waals surface area contributed by atoms with Crippen LogP contribution in [0.3, 0.4) is 0 Å². The van der Waals surface area contributed by atoms with Gasteiger partial charge in [0, 0.05) is 36.8 Å². The third kappa shape index (κ3) is 3.61. The minimum atomic E-state index is -0.262. The van der Waals surface area contributed by atoms with Gasteiger partial charge >= 0.3 is 6.03 Å². The molecule has 7 heteroatoms. The van der Waals surface area contributed by atoms with Crippen molar-refractivity contribution in [1.82, 2.24) is 15.1 Å². The molecule has 4 aliphatic carbocycles. The van der Waals surface area contributed by atoms with E-state index in [9.17, 15) is 14.0 Å². The van der Waals surface area contributed by atoms with E-state index in [4.69, 9.17) is 0 Å². The Morgan fingerprint density at radius 1 is 0.969 bits per heavy atom. The molecule has 1 N–H and O–H groups in total. The van der Waals surface area contributed by atoms with Gasteiger partial charge in [-0.15, -0.1) is 11.8 Å². The first-order chi connectivity index (χ1) is 15.5. The van der Waals surface area contributed by atoms with Crippen LogP contribution in [-0.2, 0) is 4.79 Å². The average Bonchev–Trinajstić information content (AvgIpc) is 2.78. The minimum Gasteiger partial charge on any atom is -0.339 e. The second-order valence-electron chi connectivity index (χ2n) is 10.8. The van der Waals surface area contributed by atoms with Crippen LogP contribution in [0.4, 0.5) is 9.18 Å². The van der Waals surface area contributed by atoms with Crippen LogP contribution in [0.1, 0.15) is 56.6 Å². The molecule has 6 aliphatic rings. The maximum absolute atomic E-state index is 13.8. The van der Waals surface area contributed by atoms with Gasteiger partial charge in [0.2, 0.25) is 5.91 Å². The Morgan fingerprint density at radius 3 is 2.25 bits per heavy atom. The van der Waals surface area contributed by atoms with Crippen molar-refractivity contribution >= 4 is 23.7 Å². The number of amides is 3. The lowest BCUT2D eigenvalue weighted by Gasteiger charge is -2.57. The van der Waals surface area contributed by atoms with Gasteiger partial charge in [0.25, 0.3) is 0 Å². The molecule has 32 heavy (non-hydrogen) atoms. The van der Waals surface area contributed by atoms with Crippen molar-refractivity contribution in [3.63, 3.8) is 0 Å². The molecule has 172 valence electrons. The number of nitrogens with one attached hydrogen (secondary N) is 1. The number of urea groups is 1. The maximum Gasteiger partial charge on any atom is 0.318 e. The third-order valence-electron chi connectivity index (χ3n) is 8.66. The van der Waals surface area contributed by atoms with Crippen LogP contribution >= 0.6 is 11.8 Å². The molecule has 3 amide bonds. The highest BCUT2D eigenvalue weighted by Crippen LogP contribution is 2.60. The molecule has 0 radical (unpaired) electrons. The van der Waals surface area contributed by atoms with E-state index in [0.717, 1.165) is 59.6 Å². The molecule has 1 unspecified atom stereocenters. The van der Waals surface area contributed by atoms with Gasteiger partial charge in [-0.3, -0.25) is 4.79 Å². The molecule has 2 heterocycles. The number of hydrogen-bond acceptors (Lipinski definition) is 3. The van der Waals surface area contributed by atoms with E-state index in [2.05, 4.69) is 5.32 Å². The molecule has 2 aliphatic heterocycles. The van der Waals surface area contributed by atoms with E-state index in [-0.39, 0.29) is 23.3 Å². The van der Waals surface area contributed by atoms with Crippen molar-refractivity contribution in [3.8, 4) is 0 Å². The minimum absolute atomic E-state index is 0.0981. The summed E-state index contributed by atoms with van der Waals surface area (Å²) in [4.78, 5) is 31.5. The first-order valence-electron chi connectivity index (χ1n) is 12.3. The molecule has 7 rings (SSSR count). The van der Waals surface area contributed by atoms with Crippen LogP contribution in [-0.4, -0.2) is 53.7 Å². The first kappa shape index (κ1) is 20.8. The zero-order valence-electron chi connectivity index (χ0n) is 18.5. The number of rotatable bonds is 2. The van der Waals surface area contributed by atoms with Gasteiger partial charge in [0.15, 0.2) is 0 Å². The van der Waals surface area contributed by atoms with E-state index in [0.29, 0.717) is 32.1 Å². The van der Waals surface area contributed by atoms with Gasteiger partial charge in [-0.2, -0.15) is 0 Å². The molecule has 4 saturated carbocycles. The molecule has 5 nitrogen and oxygen atoms in total. The Bertz CT molecular complexity index is 894. The molecule has 1 aromatic carbocycles. The SMILES string of the molecule is O=C(NC1CCSc2ccc(F)cc21)N1CCN(C(=O)C23CC4CC(CC(C4)C2)C3)CC1. The standard InChI is InChI=1S/C25H32FN3O2S/c26-19-1-2-22-20(12-19)21(3-8-32-22)27-24(31)29-6-4-28(5-7-29)23(30)25-13-16-9-17(14-25)11-18(10-16)15-25/h1-2,12,16-18,21H,3-11,13-15H2,(H,27,31). The zero-order chi connectivity index (χ0) is 21.9. The molecule has 0 spiro atoms. The molecule has 4 bridgehead atoms. The second kappa shape index (κ2) is 7.93. The molecular formula is C25H32FN3O2S. The van der Waals surface area contributed by atoms with E-state index in [1.807, 2.05) is 15.9 Å². The maximum atomic E-state index is 13.8. The lowest BCUT2D eigenvalue weighted by Crippen LogP contribution is -2.59. The summed E-state index contributed by atoms with van der Waals surface area (Å²) >= 11 is 1.71. The molecule has 1 aromatic rings. The van der Waals surface area contributed by atoms with Crippen molar-refractivity contribution in [3.05, 3.63) is 29.6 Å². The van der Waals surface area contributed by atoms with Crippen LogP contribution in [0.2, 0.25) is 0 Å². The van der Waals surface area contributed by atoms with Gasteiger partial charge in [-0.25, -0.2) is 9.18 Å². The Morgan fingerprint density at radius 2 is 1.59 bits per heavy atom. The van der Waals surface area contributed by atoms with Crippen LogP contribution in [0.15, 0.2) is 23.1 Å². The molecular weight excluding hydrogens is 425 g/mol. The summed E-state index contributed by atoms with van der Waals surface area (Å²) in [6.45, 7) is 2.39. The number of halogens is 1. The summed E-state index contributed by atoms with van der Waals surface area (Å²) in [5.74, 6) is 3.31. The van der Waals surface area contributed by atoms with Crippen molar-refractivity contribution in [2.45, 2.75) is 55.9 Å². The average molecular weight is 458 g/mol. The number of fused-ring (bicyclic) bond motifs is 1. The Balaban J connectivity index is 1.07. The highest BCUT2D eigenvalue weighted by molar-refractivity contribution is 7.99. The van der Waals surface area contributed by atoms with Gasteiger partial charge in [0.1, 0.15) is 5.82 Å². The Kier molecular flexibility index (Phi) is 5.16. The fourth-order valence-corrected chi connectivity index (χ4v) is 8.68. The van der Waals surface area contributed by atoms with E-state index < -0.39 is 0 Å². The molecule has 5 fully saturated rings. The summed E-state index contributed by atoms with van der Waals surface area (Å²) in [5, 5.41) is 3.13. The molecule has 1 atom stereocenters. The summed E-state index contributed by atoms with van der Waals surface area (Å²) in [7, 11) is 0. The summed E-state index contributed by atoms with van der Waals surface area (Å²) < 4.78 is 13.8. The summed E-state index contributed by atoms with van der Waals surface area (Å²) in [5.41, 5.74) is 0.775. The topological polar surface area (TPSA) is 52.7 Å². The number of piperazine rings is 1. The predicted molar refractivity (Wildman–Crippen MR) is 122 cm³/mol. The highest BCUT2D eigenvalue weighted by atomic mass is 32.2. The first-order valence-corrected chi connectivity index (χ1v) is 13.2. The zero-order valence-corrected chi connectivity index (χ0v) is 19.3. The lowest BCUT2D eigenvalue weighted by atomic mass is 9.49. The number of carbonyl (C=O) groups is 2. The largest absolute Gasteiger partial charge is 0.339 e. The fraction of sp³-hybridized carbons (Fsp3) is 0.680. The quantitative estimate of drug-likeness (QED) is 0.715. The Labute approximate surface area is 193 Å². The van der Waals surface area contributed by atoms with Crippen LogP contribution in [0.25, 0.3) is 0 Å². The smallest absolute Gasteiger partial charge is 0.318 e. The number of carbonyl (C=O) groups excluding carboxylic acids is 2. The van der Waals surface area contributed by atoms with E-state index >= 15 is 0 Å². The fourth-order valence-electron chi connectivity index (χ4n) is 7.58. The number of thioether (sulfide) groups is 1. The van der Waals surface area contributed by atoms with Gasteiger partial charge < -0.3 is 15.1 Å². The monoisotopic (exact) mass is 457 g/mol. The van der Waals surface area contributed by atoms with Crippen LogP contribution in [0.5, 0.6) is 0 Å². The Hall–Kier alpha value is -1.76. The van der Waals surface area contributed by atoms with E-state index in [1.54, 1.807) is 17.8 Å². The molecule has 1 saturated heterocycles. The van der Waals surface area contributed by atoms with Crippen molar-refractivity contribution in [2.75, 3.05) is 31.9 Å². The van der Waals surface area contributed by atoms with Crippen molar-refractivity contribution in [1.29, 1.82) is 0 Å². The van der Waals surface area contributed by atoms with Crippen LogP contribution < -0.4 is 5.32 Å². The predicted octanol–water partition coefficient (Wildman–Crippen LogP) is 4.43. The lowest BCUT2D eigenvalue weighted by molar-refractivity contribution is -0.159. The third-order valence-corrected chi connectivity index (χ3v) is 9.78. The van der Waals surface area contributed by atoms with Gasteiger partial charge in [-0.05, 0) is 86.5 Å². The van der Waals surface area contributed by atoms with Gasteiger partial charge in [0.05, 0.1) is 11.5 Å². The highest BCUT2D eigenvalue weighted by Gasteiger charge is 2.55. The van der Waals surface area contributed by atoms with Gasteiger partial charge in [-0.1, -0.05) is 0 Å². The second-order valence-corrected chi connectivity index (χ2v) is 11.9. The number of benzene rings is 1. The summed E-state index contributed by atoms with van der Waals surface area (Å²) in [6, 6.07) is 4.59. The number of hydrogen-bond donors (Lipinski definition) is 1. The summed E-state index contributed by atoms with van der Waals surface area (Å²) in [6.07, 6.45) is 8.10. The number of nitrogens with zero attached hydrogens (tertiary/aromatic N) is 2. The van der Waals surface area contributed by atoms with Crippen LogP contribution in [0, 0.1) is 29.0 Å². The molecule has 0 aromatic heterocycles. The van der Waals surface area contributed by atoms with Crippen molar-refractivity contribution in [2.24, 2.45) is 23.2 Å².